The Morgan fingerprint density at radius 2 is 2.45 bits per heavy atom. The van der Waals surface area contributed by atoms with Crippen LogP contribution in [0.15, 0.2) is 23.9 Å². The van der Waals surface area contributed by atoms with Crippen molar-refractivity contribution in [2.75, 3.05) is 0 Å². The lowest BCUT2D eigenvalue weighted by Gasteiger charge is -2.35. The topological polar surface area (TPSA) is 63.6 Å². The van der Waals surface area contributed by atoms with Crippen LogP contribution in [0.25, 0.3) is 0 Å². The summed E-state index contributed by atoms with van der Waals surface area (Å²) in [5.41, 5.74) is -0.255. The van der Waals surface area contributed by atoms with Crippen molar-refractivity contribution in [3.8, 4) is 0 Å². The number of rotatable bonds is 1. The fraction of sp³-hybridized carbons (Fsp3) is 0.167. The Morgan fingerprint density at radius 1 is 1.82 bits per heavy atom. The molecule has 1 unspecified atom stereocenters. The highest BCUT2D eigenvalue weighted by atomic mass is 79.9. The standard InChI is InChI=1S/C6H5BrNO3/c7-5-3-1-2-4(6(9)10)8(5)11/h1-3,5H,(H,9,10)/q-1. The number of halogens is 1. The first-order valence-corrected chi connectivity index (χ1v) is 3.76. The van der Waals surface area contributed by atoms with Gasteiger partial charge in [0.15, 0.2) is 0 Å². The van der Waals surface area contributed by atoms with Crippen molar-refractivity contribution in [1.82, 2.24) is 5.06 Å². The summed E-state index contributed by atoms with van der Waals surface area (Å²) in [5, 5.41) is 19.8. The molecule has 0 saturated carbocycles. The van der Waals surface area contributed by atoms with Gasteiger partial charge in [0.2, 0.25) is 0 Å². The average Bonchev–Trinajstić information content (AvgIpc) is 1.94. The lowest BCUT2D eigenvalue weighted by Crippen LogP contribution is -2.28. The Kier molecular flexibility index (Phi) is 2.31. The third-order valence-electron chi connectivity index (χ3n) is 1.20. The van der Waals surface area contributed by atoms with Crippen molar-refractivity contribution in [1.29, 1.82) is 0 Å². The predicted molar refractivity (Wildman–Crippen MR) is 42.8 cm³/mol. The molecule has 0 aliphatic carbocycles. The molecule has 0 aromatic rings. The third-order valence-corrected chi connectivity index (χ3v) is 1.88. The van der Waals surface area contributed by atoms with Crippen LogP contribution < -0.4 is 0 Å². The van der Waals surface area contributed by atoms with Gasteiger partial charge in [0, 0.05) is 0 Å². The summed E-state index contributed by atoms with van der Waals surface area (Å²) in [6.45, 7) is 0. The Morgan fingerprint density at radius 3 is 2.91 bits per heavy atom. The van der Waals surface area contributed by atoms with Gasteiger partial charge >= 0.3 is 5.97 Å². The predicted octanol–water partition coefficient (Wildman–Crippen LogP) is 1.05. The minimum absolute atomic E-state index is 0.255. The van der Waals surface area contributed by atoms with Crippen molar-refractivity contribution in [2.24, 2.45) is 0 Å². The molecule has 0 saturated heterocycles. The molecule has 1 rings (SSSR count). The van der Waals surface area contributed by atoms with Crippen molar-refractivity contribution < 1.29 is 9.90 Å². The van der Waals surface area contributed by atoms with E-state index >= 15 is 0 Å². The zero-order valence-corrected chi connectivity index (χ0v) is 6.98. The van der Waals surface area contributed by atoms with Crippen LogP contribution in [0.4, 0.5) is 0 Å². The minimum Gasteiger partial charge on any atom is -0.757 e. The molecule has 0 aromatic carbocycles. The number of carboxylic acid groups (broad SMARTS) is 1. The van der Waals surface area contributed by atoms with E-state index < -0.39 is 10.9 Å². The number of hydrogen-bond acceptors (Lipinski definition) is 3. The molecule has 0 aromatic heterocycles. The summed E-state index contributed by atoms with van der Waals surface area (Å²) >= 11 is 2.98. The van der Waals surface area contributed by atoms with Gasteiger partial charge in [-0.1, -0.05) is 28.1 Å². The highest BCUT2D eigenvalue weighted by molar-refractivity contribution is 9.09. The van der Waals surface area contributed by atoms with Gasteiger partial charge in [-0.25, -0.2) is 4.79 Å². The van der Waals surface area contributed by atoms with Gasteiger partial charge in [0.25, 0.3) is 0 Å². The number of carboxylic acids is 1. The molecule has 5 heteroatoms. The summed E-state index contributed by atoms with van der Waals surface area (Å²) in [6, 6.07) is 0. The van der Waals surface area contributed by atoms with E-state index in [2.05, 4.69) is 15.9 Å². The largest absolute Gasteiger partial charge is 0.757 e. The second kappa shape index (κ2) is 3.06. The second-order valence-corrected chi connectivity index (χ2v) is 2.88. The van der Waals surface area contributed by atoms with Crippen LogP contribution in [-0.4, -0.2) is 21.1 Å². The van der Waals surface area contributed by atoms with Crippen LogP contribution in [0.2, 0.25) is 0 Å². The van der Waals surface area contributed by atoms with Gasteiger partial charge in [-0.05, 0) is 6.08 Å². The number of nitrogens with zero attached hydrogens (tertiary/aromatic N) is 1. The van der Waals surface area contributed by atoms with E-state index in [0.717, 1.165) is 0 Å². The maximum atomic E-state index is 10.9. The van der Waals surface area contributed by atoms with E-state index in [0.29, 0.717) is 5.06 Å². The molecule has 1 aliphatic rings. The van der Waals surface area contributed by atoms with Crippen molar-refractivity contribution in [3.05, 3.63) is 29.1 Å². The van der Waals surface area contributed by atoms with Gasteiger partial charge in [-0.15, -0.1) is 0 Å². The van der Waals surface area contributed by atoms with Crippen LogP contribution >= 0.6 is 15.9 Å². The van der Waals surface area contributed by atoms with E-state index in [4.69, 9.17) is 5.11 Å². The fourth-order valence-electron chi connectivity index (χ4n) is 0.688. The quantitative estimate of drug-likeness (QED) is 0.528. The SMILES string of the molecule is O=C(O)C1=CC=CC(Br)N1[O-]. The molecule has 0 fully saturated rings. The van der Waals surface area contributed by atoms with Crippen molar-refractivity contribution in [3.63, 3.8) is 0 Å². The Labute approximate surface area is 71.5 Å². The first-order valence-electron chi connectivity index (χ1n) is 2.85. The van der Waals surface area contributed by atoms with Gasteiger partial charge < -0.3 is 15.4 Å². The normalized spacial score (nSPS) is 23.3. The molecule has 1 N–H and O–H groups in total. The van der Waals surface area contributed by atoms with Crippen LogP contribution in [0.3, 0.4) is 0 Å². The lowest BCUT2D eigenvalue weighted by molar-refractivity contribution is -0.134. The summed E-state index contributed by atoms with van der Waals surface area (Å²) in [4.78, 5) is 9.77. The molecule has 0 bridgehead atoms. The van der Waals surface area contributed by atoms with E-state index in [1.165, 1.54) is 12.2 Å². The van der Waals surface area contributed by atoms with Crippen molar-refractivity contribution in [2.45, 2.75) is 4.95 Å². The molecular formula is C6H5BrNO3-. The molecule has 1 heterocycles. The maximum absolute atomic E-state index is 10.9. The van der Waals surface area contributed by atoms with Crippen LogP contribution in [0.5, 0.6) is 0 Å². The van der Waals surface area contributed by atoms with Crippen LogP contribution in [0, 0.1) is 5.21 Å². The van der Waals surface area contributed by atoms with Gasteiger partial charge in [-0.2, -0.15) is 0 Å². The van der Waals surface area contributed by atoms with E-state index in [9.17, 15) is 10.0 Å². The molecule has 60 valence electrons. The fourth-order valence-corrected chi connectivity index (χ4v) is 1.09. The molecule has 1 atom stereocenters. The van der Waals surface area contributed by atoms with Crippen LogP contribution in [0.1, 0.15) is 0 Å². The first kappa shape index (κ1) is 8.29. The molecule has 0 spiro atoms. The van der Waals surface area contributed by atoms with Gasteiger partial charge in [0.05, 0.1) is 4.95 Å². The van der Waals surface area contributed by atoms with E-state index in [1.807, 2.05) is 0 Å². The lowest BCUT2D eigenvalue weighted by atomic mass is 10.3. The van der Waals surface area contributed by atoms with Gasteiger partial charge in [0.1, 0.15) is 5.70 Å². The summed E-state index contributed by atoms with van der Waals surface area (Å²) < 4.78 is 0. The molecule has 1 aliphatic heterocycles. The Bertz CT molecular complexity index is 236. The molecule has 11 heavy (non-hydrogen) atoms. The number of aliphatic carboxylic acids is 1. The Hall–Kier alpha value is -0.810. The maximum Gasteiger partial charge on any atom is 0.351 e. The van der Waals surface area contributed by atoms with Crippen LogP contribution in [-0.2, 0) is 4.79 Å². The smallest absolute Gasteiger partial charge is 0.351 e. The van der Waals surface area contributed by atoms with Crippen molar-refractivity contribution >= 4 is 21.9 Å². The number of hydroxylamine groups is 2. The third kappa shape index (κ3) is 1.61. The second-order valence-electron chi connectivity index (χ2n) is 1.94. The highest BCUT2D eigenvalue weighted by Crippen LogP contribution is 2.18. The summed E-state index contributed by atoms with van der Waals surface area (Å²) in [6.07, 6.45) is 4.34. The van der Waals surface area contributed by atoms with Gasteiger partial charge in [-0.3, -0.25) is 0 Å². The zero-order valence-electron chi connectivity index (χ0n) is 5.40. The van der Waals surface area contributed by atoms with E-state index in [-0.39, 0.29) is 5.70 Å². The average molecular weight is 219 g/mol. The molecule has 0 amide bonds. The summed E-state index contributed by atoms with van der Waals surface area (Å²) in [7, 11) is 0. The Balaban J connectivity index is 2.87. The molecule has 0 radical (unpaired) electrons. The zero-order chi connectivity index (χ0) is 8.43. The first-order chi connectivity index (χ1) is 5.13. The number of hydrogen-bond donors (Lipinski definition) is 1. The number of carbonyl (C=O) groups is 1. The highest BCUT2D eigenvalue weighted by Gasteiger charge is 2.15. The summed E-state index contributed by atoms with van der Waals surface area (Å²) in [5.74, 6) is -1.21. The molecular weight excluding hydrogens is 214 g/mol. The minimum atomic E-state index is -1.21. The number of alkyl halides is 1. The number of allylic oxidation sites excluding steroid dienone is 2. The van der Waals surface area contributed by atoms with E-state index in [1.54, 1.807) is 6.08 Å². The monoisotopic (exact) mass is 218 g/mol. The molecule has 4 nitrogen and oxygen atoms in total.